The summed E-state index contributed by atoms with van der Waals surface area (Å²) >= 11 is 0. The lowest BCUT2D eigenvalue weighted by Crippen LogP contribution is -2.31. The van der Waals surface area contributed by atoms with Crippen LogP contribution in [0.4, 0.5) is 29.7 Å². The molecule has 8 aromatic carbocycles. The van der Waals surface area contributed by atoms with Crippen molar-refractivity contribution in [3.8, 4) is 45.3 Å². The second-order valence-electron chi connectivity index (χ2n) is 20.0. The van der Waals surface area contributed by atoms with Crippen LogP contribution in [0.2, 0.25) is 0 Å². The largest absolute Gasteiger partial charge is 0.508 e. The number of phenolic OH excluding ortho intramolecular Hbond substituents is 3. The number of anilines is 2. The molecule has 0 bridgehead atoms. The Kier molecular flexibility index (Phi) is 15.7. The van der Waals surface area contributed by atoms with Crippen LogP contribution in [0.3, 0.4) is 0 Å². The predicted molar refractivity (Wildman–Crippen MR) is 296 cm³/mol. The summed E-state index contributed by atoms with van der Waals surface area (Å²) in [5, 5.41) is 44.7. The summed E-state index contributed by atoms with van der Waals surface area (Å²) < 4.78 is 27.9. The highest BCUT2D eigenvalue weighted by Crippen LogP contribution is 2.47. The number of phenols is 3. The quantitative estimate of drug-likeness (QED) is 0.0462. The molecular formula is C64H60F2N4O8. The number of carbonyl (C=O) groups excluding carboxylic acids is 2. The van der Waals surface area contributed by atoms with E-state index in [1.54, 1.807) is 106 Å². The van der Waals surface area contributed by atoms with E-state index in [9.17, 15) is 38.8 Å². The van der Waals surface area contributed by atoms with Gasteiger partial charge in [-0.05, 0) is 157 Å². The first-order valence-corrected chi connectivity index (χ1v) is 26.1. The number of amides is 4. The molecular weight excluding hydrogens is 991 g/mol. The Morgan fingerprint density at radius 2 is 0.962 bits per heavy atom. The van der Waals surface area contributed by atoms with Gasteiger partial charge < -0.3 is 35.1 Å². The fraction of sp³-hybridized carbons (Fsp3) is 0.219. The number of hydrogen-bond acceptors (Lipinski definition) is 8. The second kappa shape index (κ2) is 23.3. The van der Waals surface area contributed by atoms with Crippen molar-refractivity contribution in [2.75, 3.05) is 23.9 Å². The summed E-state index contributed by atoms with van der Waals surface area (Å²) in [5.74, 6) is -0.316. The predicted octanol–water partition coefficient (Wildman–Crippen LogP) is 14.2. The highest BCUT2D eigenvalue weighted by atomic mass is 19.1. The molecule has 0 radical (unpaired) electrons. The standard InChI is InChI=1S/C64H60F2N4O8/c1-67-55(21-11-23-57(72)41-25-31-47(65)32-26-41)61(69(63(67)75)49-15-5-3-6-16-49)54-36-30-46(40-59(54)74)44-14-10-20-52(38-44)77-78-60(42-27-33-48(66)34-28-42)24-12-22-56-62(70(64(76)68(56)2)50-17-7-4-8-18-50)53-35-29-45(39-58(53)73)43-13-9-19-51(71)37-43/h3-10,13-20,25-40,55-57,60-62,71-74H,11-12,21-24H2,1-2H3/t55-,56?,57?,60?,61-,62?/m1/s1. The Balaban J connectivity index is 0.862. The SMILES string of the molecule is CN1C(=O)N(c2ccccc2)C(c2ccc(-c3cccc(O)c3)cc2O)C1CCCC(OOc1cccc(-c2ccc([C@@H]3[C@@H](CCCC(O)c4ccc(F)cc4)N(C)C(=O)N3c3ccccc3)c(O)c2)c1)c1ccc(F)cc1. The lowest BCUT2D eigenvalue weighted by molar-refractivity contribution is -0.250. The van der Waals surface area contributed by atoms with Gasteiger partial charge in [-0.1, -0.05) is 109 Å². The molecule has 0 aromatic heterocycles. The maximum atomic E-state index is 14.3. The number of aromatic hydroxyl groups is 3. The van der Waals surface area contributed by atoms with Gasteiger partial charge in [0.15, 0.2) is 5.75 Å². The maximum Gasteiger partial charge on any atom is 0.325 e. The fourth-order valence-corrected chi connectivity index (χ4v) is 11.0. The van der Waals surface area contributed by atoms with Gasteiger partial charge in [0.1, 0.15) is 35.0 Å². The fourth-order valence-electron chi connectivity index (χ4n) is 11.0. The highest BCUT2D eigenvalue weighted by Gasteiger charge is 2.47. The molecule has 4 amide bonds. The lowest BCUT2D eigenvalue weighted by atomic mass is 9.91. The number of rotatable bonds is 19. The van der Waals surface area contributed by atoms with Crippen LogP contribution in [0.15, 0.2) is 194 Å². The van der Waals surface area contributed by atoms with Crippen molar-refractivity contribution in [2.24, 2.45) is 0 Å². The summed E-state index contributed by atoms with van der Waals surface area (Å²) in [6, 6.07) is 52.9. The van der Waals surface area contributed by atoms with Crippen LogP contribution >= 0.6 is 0 Å². The number of nitrogens with zero attached hydrogens (tertiary/aromatic N) is 4. The molecule has 2 heterocycles. The van der Waals surface area contributed by atoms with Crippen molar-refractivity contribution in [1.82, 2.24) is 9.80 Å². The van der Waals surface area contributed by atoms with E-state index < -0.39 is 30.1 Å². The molecule has 12 nitrogen and oxygen atoms in total. The second-order valence-corrected chi connectivity index (χ2v) is 20.0. The van der Waals surface area contributed by atoms with Crippen LogP contribution in [0, 0.1) is 11.6 Å². The first-order valence-electron chi connectivity index (χ1n) is 26.1. The molecule has 2 aliphatic heterocycles. The van der Waals surface area contributed by atoms with Gasteiger partial charge in [0, 0.05) is 36.6 Å². The number of hydrogen-bond donors (Lipinski definition) is 4. The van der Waals surface area contributed by atoms with Crippen molar-refractivity contribution >= 4 is 23.4 Å². The Labute approximate surface area is 452 Å². The molecule has 4 unspecified atom stereocenters. The van der Waals surface area contributed by atoms with E-state index in [0.29, 0.717) is 94.6 Å². The lowest BCUT2D eigenvalue weighted by Gasteiger charge is -2.29. The summed E-state index contributed by atoms with van der Waals surface area (Å²) in [4.78, 5) is 47.3. The molecule has 0 spiro atoms. The number of urea groups is 2. The third kappa shape index (κ3) is 11.2. The van der Waals surface area contributed by atoms with Crippen molar-refractivity contribution < 1.29 is 48.6 Å². The molecule has 0 aliphatic carbocycles. The van der Waals surface area contributed by atoms with E-state index in [2.05, 4.69) is 0 Å². The zero-order valence-electron chi connectivity index (χ0n) is 43.1. The van der Waals surface area contributed by atoms with Crippen molar-refractivity contribution in [1.29, 1.82) is 0 Å². The molecule has 4 N–H and O–H groups in total. The first-order chi connectivity index (χ1) is 37.8. The Bertz CT molecular complexity index is 3370. The van der Waals surface area contributed by atoms with E-state index >= 15 is 0 Å². The van der Waals surface area contributed by atoms with Gasteiger partial charge in [-0.25, -0.2) is 18.4 Å². The highest BCUT2D eigenvalue weighted by molar-refractivity contribution is 5.97. The Morgan fingerprint density at radius 1 is 0.500 bits per heavy atom. The summed E-state index contributed by atoms with van der Waals surface area (Å²) in [6.07, 6.45) is 1.41. The number of aliphatic hydroxyl groups is 1. The number of para-hydroxylation sites is 2. The van der Waals surface area contributed by atoms with E-state index in [-0.39, 0.29) is 47.2 Å². The summed E-state index contributed by atoms with van der Waals surface area (Å²) in [5.41, 5.74) is 6.58. The maximum absolute atomic E-state index is 14.3. The van der Waals surface area contributed by atoms with Crippen LogP contribution in [-0.4, -0.2) is 68.5 Å². The summed E-state index contributed by atoms with van der Waals surface area (Å²) in [7, 11) is 3.51. The normalized spacial score (nSPS) is 18.2. The molecule has 6 atom stereocenters. The van der Waals surface area contributed by atoms with Crippen molar-refractivity contribution in [3.05, 3.63) is 228 Å². The van der Waals surface area contributed by atoms with E-state index in [4.69, 9.17) is 9.78 Å². The average Bonchev–Trinajstić information content (AvgIpc) is 4.06. The van der Waals surface area contributed by atoms with Gasteiger partial charge in [-0.15, -0.1) is 0 Å². The third-order valence-corrected chi connectivity index (χ3v) is 15.1. The third-order valence-electron chi connectivity index (χ3n) is 15.1. The topological polar surface area (TPSA) is 146 Å². The monoisotopic (exact) mass is 1050 g/mol. The molecule has 398 valence electrons. The molecule has 0 saturated carbocycles. The van der Waals surface area contributed by atoms with E-state index in [1.165, 1.54) is 24.3 Å². The Hall–Kier alpha value is -8.72. The first kappa shape index (κ1) is 52.7. The Morgan fingerprint density at radius 3 is 1.46 bits per heavy atom. The number of likely N-dealkylation sites (N-methyl/N-ethyl adjacent to an activating group) is 2. The van der Waals surface area contributed by atoms with Crippen LogP contribution < -0.4 is 14.7 Å². The molecule has 8 aromatic rings. The van der Waals surface area contributed by atoms with E-state index in [1.807, 2.05) is 97.1 Å². The number of aliphatic hydroxyl groups excluding tert-OH is 1. The van der Waals surface area contributed by atoms with Crippen molar-refractivity contribution in [2.45, 2.75) is 74.9 Å². The molecule has 2 saturated heterocycles. The minimum atomic E-state index is -0.812. The molecule has 14 heteroatoms. The van der Waals surface area contributed by atoms with Gasteiger partial charge in [-0.2, -0.15) is 4.89 Å². The molecule has 78 heavy (non-hydrogen) atoms. The minimum Gasteiger partial charge on any atom is -0.508 e. The van der Waals surface area contributed by atoms with Crippen LogP contribution in [0.5, 0.6) is 23.0 Å². The number of benzene rings is 8. The minimum absolute atomic E-state index is 0.00960. The zero-order valence-corrected chi connectivity index (χ0v) is 43.1. The average molecular weight is 1050 g/mol. The number of halogens is 2. The van der Waals surface area contributed by atoms with Crippen molar-refractivity contribution in [3.63, 3.8) is 0 Å². The van der Waals surface area contributed by atoms with Gasteiger partial charge in [0.25, 0.3) is 0 Å². The molecule has 2 fully saturated rings. The van der Waals surface area contributed by atoms with Crippen LogP contribution in [0.1, 0.15) is 85.1 Å². The van der Waals surface area contributed by atoms with Crippen LogP contribution in [0.25, 0.3) is 22.3 Å². The molecule has 10 rings (SSSR count). The van der Waals surface area contributed by atoms with Crippen LogP contribution in [-0.2, 0) is 4.89 Å². The van der Waals surface area contributed by atoms with Gasteiger partial charge in [-0.3, -0.25) is 9.80 Å². The molecule has 2 aliphatic rings. The summed E-state index contributed by atoms with van der Waals surface area (Å²) in [6.45, 7) is 0. The smallest absolute Gasteiger partial charge is 0.325 e. The van der Waals surface area contributed by atoms with Gasteiger partial charge >= 0.3 is 12.1 Å². The van der Waals surface area contributed by atoms with E-state index in [0.717, 1.165) is 5.56 Å². The number of carbonyl (C=O) groups is 2. The van der Waals surface area contributed by atoms with Gasteiger partial charge in [0.05, 0.1) is 30.3 Å². The zero-order chi connectivity index (χ0) is 54.5. The van der Waals surface area contributed by atoms with Gasteiger partial charge in [0.2, 0.25) is 0 Å².